The molecule has 3 N–H and O–H groups in total. The summed E-state index contributed by atoms with van der Waals surface area (Å²) in [5.41, 5.74) is 6.27. The molecule has 0 spiro atoms. The topological polar surface area (TPSA) is 86.5 Å². The lowest BCUT2D eigenvalue weighted by molar-refractivity contribution is -0.920. The second-order valence-corrected chi connectivity index (χ2v) is 5.47. The maximum atomic E-state index is 11.2. The zero-order valence-electron chi connectivity index (χ0n) is 11.8. The quantitative estimate of drug-likeness (QED) is 0.830. The number of quaternary nitrogens is 1. The fourth-order valence-corrected chi connectivity index (χ4v) is 2.72. The molecule has 1 fully saturated rings. The normalized spacial score (nSPS) is 22.1. The lowest BCUT2D eigenvalue weighted by Crippen LogP contribution is -3.11. The Morgan fingerprint density at radius 2 is 1.95 bits per heavy atom. The van der Waals surface area contributed by atoms with Gasteiger partial charge in [-0.1, -0.05) is 18.2 Å². The Bertz CT molecular complexity index is 603. The number of aromatic nitrogens is 2. The Morgan fingerprint density at radius 1 is 1.24 bits per heavy atom. The lowest BCUT2D eigenvalue weighted by atomic mass is 9.96. The van der Waals surface area contributed by atoms with Crippen molar-refractivity contribution < 1.29 is 14.1 Å². The summed E-state index contributed by atoms with van der Waals surface area (Å²) in [6.07, 6.45) is 1.68. The van der Waals surface area contributed by atoms with Gasteiger partial charge in [0.25, 0.3) is 5.89 Å². The van der Waals surface area contributed by atoms with E-state index in [4.69, 9.17) is 10.2 Å². The van der Waals surface area contributed by atoms with E-state index >= 15 is 0 Å². The van der Waals surface area contributed by atoms with Gasteiger partial charge in [-0.05, 0) is 12.1 Å². The molecule has 1 aromatic heterocycles. The SMILES string of the molecule is NC(=O)C1CC[NH+](Cc2nnc(-c3ccccc3)o2)CC1. The molecule has 3 rings (SSSR count). The molecule has 0 radical (unpaired) electrons. The summed E-state index contributed by atoms with van der Waals surface area (Å²) in [5, 5.41) is 8.20. The van der Waals surface area contributed by atoms with E-state index in [1.54, 1.807) is 0 Å². The van der Waals surface area contributed by atoms with Crippen LogP contribution in [0.1, 0.15) is 18.7 Å². The Labute approximate surface area is 123 Å². The summed E-state index contributed by atoms with van der Waals surface area (Å²) >= 11 is 0. The third kappa shape index (κ3) is 3.28. The molecule has 1 saturated heterocycles. The minimum absolute atomic E-state index is 0.0244. The first kappa shape index (κ1) is 13.8. The summed E-state index contributed by atoms with van der Waals surface area (Å²) in [6.45, 7) is 2.53. The van der Waals surface area contributed by atoms with Gasteiger partial charge in [-0.2, -0.15) is 0 Å². The molecule has 1 aromatic carbocycles. The fraction of sp³-hybridized carbons (Fsp3) is 0.400. The van der Waals surface area contributed by atoms with Crippen molar-refractivity contribution in [2.24, 2.45) is 11.7 Å². The first-order chi connectivity index (χ1) is 10.2. The molecule has 21 heavy (non-hydrogen) atoms. The van der Waals surface area contributed by atoms with Crippen LogP contribution in [0.4, 0.5) is 0 Å². The lowest BCUT2D eigenvalue weighted by Gasteiger charge is -2.26. The molecule has 2 aromatic rings. The predicted octanol–water partition coefficient (Wildman–Crippen LogP) is 0.0168. The number of carbonyl (C=O) groups excluding carboxylic acids is 1. The van der Waals surface area contributed by atoms with Gasteiger partial charge in [-0.3, -0.25) is 4.79 Å². The summed E-state index contributed by atoms with van der Waals surface area (Å²) in [7, 11) is 0. The number of amides is 1. The van der Waals surface area contributed by atoms with E-state index in [2.05, 4.69) is 10.2 Å². The minimum Gasteiger partial charge on any atom is -0.415 e. The van der Waals surface area contributed by atoms with Gasteiger partial charge in [0.1, 0.15) is 0 Å². The molecule has 1 aliphatic heterocycles. The molecule has 0 unspecified atom stereocenters. The molecular weight excluding hydrogens is 268 g/mol. The average Bonchev–Trinajstić information content (AvgIpc) is 2.97. The van der Waals surface area contributed by atoms with Gasteiger partial charge in [0, 0.05) is 24.3 Å². The number of nitrogens with two attached hydrogens (primary N) is 1. The van der Waals surface area contributed by atoms with E-state index in [0.717, 1.165) is 31.5 Å². The van der Waals surface area contributed by atoms with E-state index in [1.165, 1.54) is 4.90 Å². The Balaban J connectivity index is 1.60. The second kappa shape index (κ2) is 6.05. The molecule has 6 nitrogen and oxygen atoms in total. The number of piperidine rings is 1. The van der Waals surface area contributed by atoms with Crippen LogP contribution in [0, 0.1) is 5.92 Å². The number of benzene rings is 1. The highest BCUT2D eigenvalue weighted by Gasteiger charge is 2.27. The maximum Gasteiger partial charge on any atom is 0.271 e. The van der Waals surface area contributed by atoms with Crippen molar-refractivity contribution in [3.05, 3.63) is 36.2 Å². The minimum atomic E-state index is -0.182. The standard InChI is InChI=1S/C15H18N4O2/c16-14(20)11-6-8-19(9-7-11)10-13-17-18-15(21-13)12-4-2-1-3-5-12/h1-5,11H,6-10H2,(H2,16,20)/p+1. The number of carbonyl (C=O) groups is 1. The molecule has 0 bridgehead atoms. The van der Waals surface area contributed by atoms with Gasteiger partial charge in [0.2, 0.25) is 11.8 Å². The molecule has 110 valence electrons. The number of rotatable bonds is 4. The maximum absolute atomic E-state index is 11.2. The van der Waals surface area contributed by atoms with Gasteiger partial charge in [0.15, 0.2) is 6.54 Å². The highest BCUT2D eigenvalue weighted by molar-refractivity contribution is 5.76. The van der Waals surface area contributed by atoms with E-state index in [-0.39, 0.29) is 11.8 Å². The molecular formula is C15H19N4O2+. The first-order valence-electron chi connectivity index (χ1n) is 7.23. The van der Waals surface area contributed by atoms with Crippen LogP contribution in [0.15, 0.2) is 34.7 Å². The molecule has 1 aliphatic rings. The molecule has 2 heterocycles. The first-order valence-corrected chi connectivity index (χ1v) is 7.23. The van der Waals surface area contributed by atoms with Gasteiger partial charge in [-0.25, -0.2) is 0 Å². The fourth-order valence-electron chi connectivity index (χ4n) is 2.72. The molecule has 0 aliphatic carbocycles. The van der Waals surface area contributed by atoms with Crippen LogP contribution >= 0.6 is 0 Å². The monoisotopic (exact) mass is 287 g/mol. The number of hydrogen-bond donors (Lipinski definition) is 2. The van der Waals surface area contributed by atoms with Crippen molar-refractivity contribution in [3.63, 3.8) is 0 Å². The van der Waals surface area contributed by atoms with Crippen LogP contribution in [-0.4, -0.2) is 29.2 Å². The van der Waals surface area contributed by atoms with Crippen molar-refractivity contribution in [1.29, 1.82) is 0 Å². The van der Waals surface area contributed by atoms with E-state index in [0.29, 0.717) is 18.3 Å². The van der Waals surface area contributed by atoms with E-state index in [1.807, 2.05) is 30.3 Å². The largest absolute Gasteiger partial charge is 0.415 e. The van der Waals surface area contributed by atoms with Gasteiger partial charge >= 0.3 is 0 Å². The second-order valence-electron chi connectivity index (χ2n) is 5.47. The van der Waals surface area contributed by atoms with Gasteiger partial charge < -0.3 is 15.1 Å². The van der Waals surface area contributed by atoms with Crippen LogP contribution in [0.3, 0.4) is 0 Å². The molecule has 6 heteroatoms. The van der Waals surface area contributed by atoms with Crippen LogP contribution < -0.4 is 10.6 Å². The molecule has 1 amide bonds. The van der Waals surface area contributed by atoms with Crippen molar-refractivity contribution in [2.45, 2.75) is 19.4 Å². The number of nitrogens with zero attached hydrogens (tertiary/aromatic N) is 2. The van der Waals surface area contributed by atoms with Gasteiger partial charge in [0.05, 0.1) is 13.1 Å². The van der Waals surface area contributed by atoms with Crippen molar-refractivity contribution in [1.82, 2.24) is 10.2 Å². The Morgan fingerprint density at radius 3 is 2.62 bits per heavy atom. The summed E-state index contributed by atoms with van der Waals surface area (Å²) in [4.78, 5) is 12.5. The number of primary amides is 1. The predicted molar refractivity (Wildman–Crippen MR) is 76.1 cm³/mol. The van der Waals surface area contributed by atoms with Crippen molar-refractivity contribution >= 4 is 5.91 Å². The van der Waals surface area contributed by atoms with Crippen molar-refractivity contribution in [2.75, 3.05) is 13.1 Å². The van der Waals surface area contributed by atoms with Crippen LogP contribution in [0.2, 0.25) is 0 Å². The van der Waals surface area contributed by atoms with Crippen molar-refractivity contribution in [3.8, 4) is 11.5 Å². The number of hydrogen-bond acceptors (Lipinski definition) is 4. The zero-order valence-corrected chi connectivity index (χ0v) is 11.8. The summed E-state index contributed by atoms with van der Waals surface area (Å²) in [6, 6.07) is 9.73. The van der Waals surface area contributed by atoms with Crippen LogP contribution in [-0.2, 0) is 11.3 Å². The third-order valence-corrected chi connectivity index (χ3v) is 3.98. The average molecular weight is 287 g/mol. The van der Waals surface area contributed by atoms with E-state index in [9.17, 15) is 4.79 Å². The number of likely N-dealkylation sites (tertiary alicyclic amines) is 1. The zero-order chi connectivity index (χ0) is 14.7. The number of nitrogens with one attached hydrogen (secondary N) is 1. The van der Waals surface area contributed by atoms with Gasteiger partial charge in [-0.15, -0.1) is 10.2 Å². The smallest absolute Gasteiger partial charge is 0.271 e. The summed E-state index contributed by atoms with van der Waals surface area (Å²) in [5.74, 6) is 1.04. The Kier molecular flexibility index (Phi) is 3.96. The third-order valence-electron chi connectivity index (χ3n) is 3.98. The highest BCUT2D eigenvalue weighted by atomic mass is 16.4. The van der Waals surface area contributed by atoms with E-state index < -0.39 is 0 Å². The molecule has 0 saturated carbocycles. The van der Waals surface area contributed by atoms with Crippen LogP contribution in [0.5, 0.6) is 0 Å². The highest BCUT2D eigenvalue weighted by Crippen LogP contribution is 2.16. The van der Waals surface area contributed by atoms with Crippen LogP contribution in [0.25, 0.3) is 11.5 Å². The summed E-state index contributed by atoms with van der Waals surface area (Å²) < 4.78 is 5.71. The Hall–Kier alpha value is -2.21. The molecule has 0 atom stereocenters.